The largest absolute Gasteiger partial charge is 0.393 e. The lowest BCUT2D eigenvalue weighted by Crippen LogP contribution is -2.57. The molecule has 1 heterocycles. The van der Waals surface area contributed by atoms with Crippen molar-refractivity contribution in [2.24, 2.45) is 0 Å². The van der Waals surface area contributed by atoms with E-state index in [9.17, 15) is 0 Å². The van der Waals surface area contributed by atoms with Crippen molar-refractivity contribution in [1.29, 1.82) is 0 Å². The van der Waals surface area contributed by atoms with Gasteiger partial charge >= 0.3 is 8.56 Å². The third kappa shape index (κ3) is 2.58. The minimum atomic E-state index is -2.22. The summed E-state index contributed by atoms with van der Waals surface area (Å²) >= 11 is 0. The van der Waals surface area contributed by atoms with E-state index in [2.05, 4.69) is 53.7 Å². The summed E-state index contributed by atoms with van der Waals surface area (Å²) in [4.78, 5) is 0. The van der Waals surface area contributed by atoms with Crippen LogP contribution in [0.5, 0.6) is 0 Å². The van der Waals surface area contributed by atoms with Crippen LogP contribution in [0.25, 0.3) is 0 Å². The normalized spacial score (nSPS) is 24.6. The van der Waals surface area contributed by atoms with Crippen molar-refractivity contribution in [2.75, 3.05) is 13.2 Å². The molecule has 0 aromatic heterocycles. The maximum absolute atomic E-state index is 6.26. The summed E-state index contributed by atoms with van der Waals surface area (Å²) in [5.41, 5.74) is 0. The second kappa shape index (κ2) is 4.63. The van der Waals surface area contributed by atoms with E-state index >= 15 is 0 Å². The van der Waals surface area contributed by atoms with Crippen molar-refractivity contribution in [1.82, 2.24) is 0 Å². The summed E-state index contributed by atoms with van der Waals surface area (Å²) in [7, 11) is -2.22. The third-order valence-electron chi connectivity index (χ3n) is 3.11. The molecule has 0 saturated heterocycles. The highest BCUT2D eigenvalue weighted by atomic mass is 28.4. The van der Waals surface area contributed by atoms with Gasteiger partial charge in [-0.25, -0.2) is 0 Å². The molecule has 0 aliphatic carbocycles. The van der Waals surface area contributed by atoms with E-state index in [1.165, 1.54) is 0 Å². The van der Waals surface area contributed by atoms with Gasteiger partial charge in [0.25, 0.3) is 0 Å². The summed E-state index contributed by atoms with van der Waals surface area (Å²) in [6.07, 6.45) is 5.27. The van der Waals surface area contributed by atoms with Crippen LogP contribution < -0.4 is 0 Å². The zero-order valence-corrected chi connectivity index (χ0v) is 12.6. The van der Waals surface area contributed by atoms with Crippen LogP contribution >= 0.6 is 0 Å². The average molecular weight is 242 g/mol. The highest BCUT2D eigenvalue weighted by molar-refractivity contribution is 6.73. The van der Waals surface area contributed by atoms with E-state index in [1.807, 2.05) is 0 Å². The monoisotopic (exact) mass is 242 g/mol. The van der Waals surface area contributed by atoms with Gasteiger partial charge in [0.1, 0.15) is 0 Å². The smallest absolute Gasteiger partial charge is 0.349 e. The maximum Gasteiger partial charge on any atom is 0.349 e. The van der Waals surface area contributed by atoms with Crippen LogP contribution in [0.3, 0.4) is 0 Å². The van der Waals surface area contributed by atoms with E-state index in [-0.39, 0.29) is 10.1 Å². The average Bonchev–Trinajstić information content (AvgIpc) is 1.97. The lowest BCUT2D eigenvalue weighted by atomic mass is 10.2. The van der Waals surface area contributed by atoms with Crippen LogP contribution in [-0.4, -0.2) is 21.8 Å². The quantitative estimate of drug-likeness (QED) is 0.472. The summed E-state index contributed by atoms with van der Waals surface area (Å²) in [6, 6.07) is 0. The molecule has 3 heteroatoms. The Hall–Kier alpha value is -0.123. The number of rotatable bonds is 0. The van der Waals surface area contributed by atoms with E-state index in [0.717, 1.165) is 13.0 Å². The van der Waals surface area contributed by atoms with Crippen molar-refractivity contribution < 1.29 is 8.85 Å². The Bertz CT molecular complexity index is 244. The predicted octanol–water partition coefficient (Wildman–Crippen LogP) is 4.02. The van der Waals surface area contributed by atoms with Crippen molar-refractivity contribution >= 4 is 8.56 Å². The molecule has 0 saturated carbocycles. The third-order valence-corrected chi connectivity index (χ3v) is 8.25. The minimum Gasteiger partial charge on any atom is -0.393 e. The molecule has 0 amide bonds. The van der Waals surface area contributed by atoms with Gasteiger partial charge in [-0.1, -0.05) is 53.7 Å². The lowest BCUT2D eigenvalue weighted by Gasteiger charge is -2.49. The van der Waals surface area contributed by atoms with Gasteiger partial charge in [-0.3, -0.25) is 0 Å². The van der Waals surface area contributed by atoms with E-state index in [0.29, 0.717) is 6.61 Å². The van der Waals surface area contributed by atoms with Crippen LogP contribution in [0, 0.1) is 0 Å². The predicted molar refractivity (Wildman–Crippen MR) is 70.8 cm³/mol. The summed E-state index contributed by atoms with van der Waals surface area (Å²) in [5.74, 6) is 0. The van der Waals surface area contributed by atoms with Crippen molar-refractivity contribution in [3.8, 4) is 0 Å². The molecule has 0 aromatic carbocycles. The summed E-state index contributed by atoms with van der Waals surface area (Å²) in [5, 5.41) is 0.187. The van der Waals surface area contributed by atoms with Crippen LogP contribution in [0.4, 0.5) is 0 Å². The maximum atomic E-state index is 6.26. The molecular formula is C13H26O2Si. The SMILES string of the molecule is CC(C)(C)[Si]1(C(C)(C)C)OC/C=C\CCO1. The Kier molecular flexibility index (Phi) is 4.03. The molecule has 0 unspecified atom stereocenters. The Morgan fingerprint density at radius 1 is 0.875 bits per heavy atom. The van der Waals surface area contributed by atoms with Gasteiger partial charge in [0.2, 0.25) is 0 Å². The Morgan fingerprint density at radius 2 is 1.44 bits per heavy atom. The van der Waals surface area contributed by atoms with Gasteiger partial charge < -0.3 is 8.85 Å². The molecule has 0 radical (unpaired) electrons. The molecule has 94 valence electrons. The molecule has 16 heavy (non-hydrogen) atoms. The highest BCUT2D eigenvalue weighted by Crippen LogP contribution is 2.52. The Balaban J connectivity index is 3.07. The van der Waals surface area contributed by atoms with Gasteiger partial charge in [-0.2, -0.15) is 0 Å². The number of hydrogen-bond donors (Lipinski definition) is 0. The van der Waals surface area contributed by atoms with Crippen LogP contribution in [0.1, 0.15) is 48.0 Å². The zero-order valence-electron chi connectivity index (χ0n) is 11.6. The molecule has 1 rings (SSSR count). The number of hydrogen-bond acceptors (Lipinski definition) is 2. The van der Waals surface area contributed by atoms with Gasteiger partial charge in [-0.15, -0.1) is 0 Å². The molecule has 2 nitrogen and oxygen atoms in total. The zero-order chi connectivity index (χ0) is 12.4. The fourth-order valence-electron chi connectivity index (χ4n) is 2.65. The van der Waals surface area contributed by atoms with E-state index in [4.69, 9.17) is 8.85 Å². The van der Waals surface area contributed by atoms with Crippen molar-refractivity contribution in [2.45, 2.75) is 58.0 Å². The van der Waals surface area contributed by atoms with Crippen LogP contribution in [-0.2, 0) is 8.85 Å². The van der Waals surface area contributed by atoms with Gasteiger partial charge in [0, 0.05) is 16.7 Å². The first kappa shape index (κ1) is 13.9. The Labute approximate surface area is 101 Å². The van der Waals surface area contributed by atoms with Gasteiger partial charge in [0.05, 0.1) is 6.61 Å². The molecule has 1 aliphatic heterocycles. The molecule has 0 bridgehead atoms. The molecule has 0 atom stereocenters. The van der Waals surface area contributed by atoms with Crippen LogP contribution in [0.15, 0.2) is 12.2 Å². The first-order valence-corrected chi connectivity index (χ1v) is 7.95. The summed E-state index contributed by atoms with van der Waals surface area (Å²) in [6.45, 7) is 15.0. The van der Waals surface area contributed by atoms with E-state index in [1.54, 1.807) is 0 Å². The Morgan fingerprint density at radius 3 is 1.94 bits per heavy atom. The molecule has 0 aromatic rings. The molecule has 0 N–H and O–H groups in total. The van der Waals surface area contributed by atoms with Gasteiger partial charge in [0.15, 0.2) is 0 Å². The fourth-order valence-corrected chi connectivity index (χ4v) is 7.46. The minimum absolute atomic E-state index is 0.0937. The molecule has 0 spiro atoms. The second-order valence-electron chi connectivity index (χ2n) is 6.54. The van der Waals surface area contributed by atoms with Crippen molar-refractivity contribution in [3.63, 3.8) is 0 Å². The molecular weight excluding hydrogens is 216 g/mol. The first-order chi connectivity index (χ1) is 7.21. The lowest BCUT2D eigenvalue weighted by molar-refractivity contribution is 0.136. The van der Waals surface area contributed by atoms with Crippen LogP contribution in [0.2, 0.25) is 10.1 Å². The fraction of sp³-hybridized carbons (Fsp3) is 0.846. The standard InChI is InChI=1S/C13H26O2Si/c1-12(2,3)16(13(4,5)6)14-10-8-7-9-11-15-16/h7-8H,9-11H2,1-6H3/b8-7-. The highest BCUT2D eigenvalue weighted by Gasteiger charge is 2.58. The molecule has 0 fully saturated rings. The first-order valence-electron chi connectivity index (χ1n) is 6.14. The summed E-state index contributed by atoms with van der Waals surface area (Å²) < 4.78 is 12.5. The van der Waals surface area contributed by atoms with Crippen molar-refractivity contribution in [3.05, 3.63) is 12.2 Å². The second-order valence-corrected chi connectivity index (χ2v) is 11.3. The van der Waals surface area contributed by atoms with Gasteiger partial charge in [-0.05, 0) is 6.42 Å². The molecule has 1 aliphatic rings. The van der Waals surface area contributed by atoms with E-state index < -0.39 is 8.56 Å². The topological polar surface area (TPSA) is 18.5 Å².